The van der Waals surface area contributed by atoms with E-state index in [0.717, 1.165) is 16.8 Å². The van der Waals surface area contributed by atoms with Crippen LogP contribution in [-0.2, 0) is 20.9 Å². The number of Topliss-reactive ketones (excluding diaryl/α,β-unsaturated/α-hetero) is 1. The number of carbonyl (C=O) groups is 2. The summed E-state index contributed by atoms with van der Waals surface area (Å²) < 4.78 is 21.8. The molecule has 0 bridgehead atoms. The number of phenolic OH excluding ortho intramolecular Hbond substituents is 1. The van der Waals surface area contributed by atoms with Gasteiger partial charge in [0, 0.05) is 29.3 Å². The Morgan fingerprint density at radius 3 is 2.24 bits per heavy atom. The number of rotatable bonds is 8. The molecule has 2 N–H and O–H groups in total. The third-order valence-corrected chi connectivity index (χ3v) is 7.68. The first kappa shape index (κ1) is 27.8. The lowest BCUT2D eigenvalue weighted by atomic mass is 9.71. The number of allylic oxidation sites excluding steroid dienone is 3. The summed E-state index contributed by atoms with van der Waals surface area (Å²) in [6.07, 6.45) is 0.804. The molecule has 0 amide bonds. The number of methoxy groups -OCH3 is 3. The van der Waals surface area contributed by atoms with E-state index in [1.165, 1.54) is 7.11 Å². The van der Waals surface area contributed by atoms with Gasteiger partial charge in [-0.3, -0.25) is 4.79 Å². The van der Waals surface area contributed by atoms with Crippen LogP contribution in [0.2, 0.25) is 0 Å². The monoisotopic (exact) mass is 555 g/mol. The van der Waals surface area contributed by atoms with Gasteiger partial charge in [-0.1, -0.05) is 42.5 Å². The summed E-state index contributed by atoms with van der Waals surface area (Å²) in [4.78, 5) is 27.5. The van der Waals surface area contributed by atoms with Gasteiger partial charge in [0.2, 0.25) is 0 Å². The number of aromatic hydroxyl groups is 1. The van der Waals surface area contributed by atoms with E-state index < -0.39 is 11.9 Å². The molecule has 0 saturated carbocycles. The Morgan fingerprint density at radius 1 is 0.878 bits per heavy atom. The molecule has 5 rings (SSSR count). The maximum absolute atomic E-state index is 13.9. The Morgan fingerprint density at radius 2 is 1.56 bits per heavy atom. The molecule has 8 heteroatoms. The molecule has 2 atom stereocenters. The average Bonchev–Trinajstić information content (AvgIpc) is 2.99. The number of phenols is 1. The SMILES string of the molecule is COc1ccc([C@@H]2C(C(=O)OCc3ccccc3)=C(C)NC3=C2C(=O)C[C@@H](c2ccc(OC)c(OC)c2)C3)cc1O. The Labute approximate surface area is 239 Å². The van der Waals surface area contributed by atoms with Crippen molar-refractivity contribution in [2.24, 2.45) is 0 Å². The molecule has 0 unspecified atom stereocenters. The van der Waals surface area contributed by atoms with Crippen LogP contribution >= 0.6 is 0 Å². The molecule has 1 heterocycles. The number of esters is 1. The second kappa shape index (κ2) is 11.8. The van der Waals surface area contributed by atoms with Crippen LogP contribution in [0.5, 0.6) is 23.0 Å². The second-order valence-corrected chi connectivity index (χ2v) is 10.1. The van der Waals surface area contributed by atoms with Gasteiger partial charge in [-0.25, -0.2) is 4.79 Å². The topological polar surface area (TPSA) is 103 Å². The van der Waals surface area contributed by atoms with Crippen molar-refractivity contribution >= 4 is 11.8 Å². The average molecular weight is 556 g/mol. The van der Waals surface area contributed by atoms with E-state index in [1.807, 2.05) is 55.5 Å². The quantitative estimate of drug-likeness (QED) is 0.350. The number of hydrogen-bond acceptors (Lipinski definition) is 8. The van der Waals surface area contributed by atoms with E-state index in [0.29, 0.717) is 46.1 Å². The molecule has 8 nitrogen and oxygen atoms in total. The van der Waals surface area contributed by atoms with E-state index >= 15 is 0 Å². The van der Waals surface area contributed by atoms with Gasteiger partial charge in [-0.2, -0.15) is 0 Å². The van der Waals surface area contributed by atoms with Crippen LogP contribution in [0.15, 0.2) is 89.3 Å². The lowest BCUT2D eigenvalue weighted by molar-refractivity contribution is -0.140. The molecule has 1 aliphatic carbocycles. The fourth-order valence-electron chi connectivity index (χ4n) is 5.67. The highest BCUT2D eigenvalue weighted by molar-refractivity contribution is 6.04. The standard InChI is InChI=1S/C33H33NO7/c1-19-30(33(37)41-18-20-8-6-5-7-9-20)31(22-11-12-27(38-2)25(35)15-22)32-24(34-19)14-23(16-26(32)36)21-10-13-28(39-3)29(17-21)40-4/h5-13,15,17,23,31,34-35H,14,16,18H2,1-4H3/t23-,31+/m0/s1. The van der Waals surface area contributed by atoms with Crippen molar-refractivity contribution in [3.05, 3.63) is 106 Å². The molecule has 1 aliphatic heterocycles. The molecular formula is C33H33NO7. The van der Waals surface area contributed by atoms with E-state index in [9.17, 15) is 14.7 Å². The van der Waals surface area contributed by atoms with Crippen molar-refractivity contribution in [2.45, 2.75) is 38.2 Å². The third-order valence-electron chi connectivity index (χ3n) is 7.68. The van der Waals surface area contributed by atoms with Crippen molar-refractivity contribution in [1.29, 1.82) is 0 Å². The Bertz CT molecular complexity index is 1540. The number of hydrogen-bond donors (Lipinski definition) is 2. The van der Waals surface area contributed by atoms with E-state index in [4.69, 9.17) is 18.9 Å². The Hall–Kier alpha value is -4.72. The Kier molecular flexibility index (Phi) is 8.01. The zero-order valence-electron chi connectivity index (χ0n) is 23.5. The maximum Gasteiger partial charge on any atom is 0.337 e. The van der Waals surface area contributed by atoms with Gasteiger partial charge in [0.15, 0.2) is 28.8 Å². The highest BCUT2D eigenvalue weighted by Gasteiger charge is 2.41. The first-order valence-electron chi connectivity index (χ1n) is 13.4. The summed E-state index contributed by atoms with van der Waals surface area (Å²) in [5, 5.41) is 14.0. The molecule has 3 aromatic carbocycles. The van der Waals surface area contributed by atoms with Crippen LogP contribution in [-0.4, -0.2) is 38.2 Å². The van der Waals surface area contributed by atoms with Gasteiger partial charge >= 0.3 is 5.97 Å². The number of nitrogens with one attached hydrogen (secondary N) is 1. The number of ether oxygens (including phenoxy) is 4. The summed E-state index contributed by atoms with van der Waals surface area (Å²) in [5.74, 6) is 0.00943. The minimum absolute atomic E-state index is 0.0770. The minimum atomic E-state index is -0.717. The lowest BCUT2D eigenvalue weighted by Gasteiger charge is -2.37. The summed E-state index contributed by atoms with van der Waals surface area (Å²) in [6.45, 7) is 1.90. The van der Waals surface area contributed by atoms with Crippen molar-refractivity contribution in [2.75, 3.05) is 21.3 Å². The van der Waals surface area contributed by atoms with Gasteiger partial charge in [-0.15, -0.1) is 0 Å². The smallest absolute Gasteiger partial charge is 0.337 e. The van der Waals surface area contributed by atoms with Crippen LogP contribution in [0.25, 0.3) is 0 Å². The second-order valence-electron chi connectivity index (χ2n) is 10.1. The molecular weight excluding hydrogens is 522 g/mol. The number of carbonyl (C=O) groups excluding carboxylic acids is 2. The highest BCUT2D eigenvalue weighted by atomic mass is 16.5. The molecule has 212 valence electrons. The van der Waals surface area contributed by atoms with Crippen molar-refractivity contribution in [1.82, 2.24) is 5.32 Å². The third kappa shape index (κ3) is 5.50. The van der Waals surface area contributed by atoms with Crippen LogP contribution in [0, 0.1) is 0 Å². The molecule has 0 aromatic heterocycles. The van der Waals surface area contributed by atoms with Gasteiger partial charge in [-0.05, 0) is 60.2 Å². The predicted octanol–water partition coefficient (Wildman–Crippen LogP) is 5.52. The summed E-state index contributed by atoms with van der Waals surface area (Å²) >= 11 is 0. The van der Waals surface area contributed by atoms with E-state index in [2.05, 4.69) is 5.32 Å². The van der Waals surface area contributed by atoms with Crippen molar-refractivity contribution < 1.29 is 33.6 Å². The minimum Gasteiger partial charge on any atom is -0.504 e. The van der Waals surface area contributed by atoms with Gasteiger partial charge < -0.3 is 29.4 Å². The van der Waals surface area contributed by atoms with Crippen molar-refractivity contribution in [3.63, 3.8) is 0 Å². The van der Waals surface area contributed by atoms with E-state index in [-0.39, 0.29) is 30.5 Å². The van der Waals surface area contributed by atoms with E-state index in [1.54, 1.807) is 32.4 Å². The van der Waals surface area contributed by atoms with Crippen molar-refractivity contribution in [3.8, 4) is 23.0 Å². The molecule has 0 fully saturated rings. The van der Waals surface area contributed by atoms with Gasteiger partial charge in [0.1, 0.15) is 6.61 Å². The number of benzene rings is 3. The zero-order valence-corrected chi connectivity index (χ0v) is 23.5. The molecule has 0 spiro atoms. The zero-order chi connectivity index (χ0) is 29.1. The molecule has 0 saturated heterocycles. The molecule has 2 aliphatic rings. The normalized spacial score (nSPS) is 18.4. The largest absolute Gasteiger partial charge is 0.504 e. The van der Waals surface area contributed by atoms with Crippen LogP contribution in [0.1, 0.15) is 48.3 Å². The van der Waals surface area contributed by atoms with Gasteiger partial charge in [0.25, 0.3) is 0 Å². The van der Waals surface area contributed by atoms with Crippen LogP contribution < -0.4 is 19.5 Å². The number of dihydropyridines is 1. The molecule has 41 heavy (non-hydrogen) atoms. The first-order chi connectivity index (χ1) is 19.8. The summed E-state index contributed by atoms with van der Waals surface area (Å²) in [6, 6.07) is 20.1. The fraction of sp³-hybridized carbons (Fsp3) is 0.273. The maximum atomic E-state index is 13.9. The molecule has 0 radical (unpaired) electrons. The lowest BCUT2D eigenvalue weighted by Crippen LogP contribution is -2.36. The van der Waals surface area contributed by atoms with Crippen LogP contribution in [0.3, 0.4) is 0 Å². The van der Waals surface area contributed by atoms with Crippen LogP contribution in [0.4, 0.5) is 0 Å². The predicted molar refractivity (Wildman–Crippen MR) is 153 cm³/mol. The summed E-state index contributed by atoms with van der Waals surface area (Å²) in [7, 11) is 4.63. The Balaban J connectivity index is 1.53. The first-order valence-corrected chi connectivity index (χ1v) is 13.4. The summed E-state index contributed by atoms with van der Waals surface area (Å²) in [5.41, 5.74) is 4.60. The molecule has 3 aromatic rings. The number of ketones is 1. The highest BCUT2D eigenvalue weighted by Crippen LogP contribution is 2.47. The van der Waals surface area contributed by atoms with Gasteiger partial charge in [0.05, 0.1) is 26.9 Å². The fourth-order valence-corrected chi connectivity index (χ4v) is 5.67.